The molecule has 3 amide bonds. The molecule has 0 aliphatic carbocycles. The third kappa shape index (κ3) is 3.87. The van der Waals surface area contributed by atoms with Crippen LogP contribution in [0.3, 0.4) is 0 Å². The number of carbonyl (C=O) groups is 4. The van der Waals surface area contributed by atoms with E-state index in [2.05, 4.69) is 10.1 Å². The van der Waals surface area contributed by atoms with Crippen LogP contribution >= 0.6 is 34.4 Å². The van der Waals surface area contributed by atoms with Gasteiger partial charge in [0.05, 0.1) is 17.7 Å². The largest absolute Gasteiger partial charge is 0.465 e. The van der Waals surface area contributed by atoms with E-state index in [1.807, 2.05) is 17.5 Å². The molecular formula is C16H12N2O5S3. The number of nitrogens with zero attached hydrogens (tertiary/aromatic N) is 1. The Morgan fingerprint density at radius 2 is 2.04 bits per heavy atom. The van der Waals surface area contributed by atoms with Gasteiger partial charge in [0.25, 0.3) is 11.1 Å². The van der Waals surface area contributed by atoms with Crippen LogP contribution in [0.4, 0.5) is 10.5 Å². The van der Waals surface area contributed by atoms with E-state index in [4.69, 9.17) is 0 Å². The molecule has 1 saturated heterocycles. The van der Waals surface area contributed by atoms with Crippen molar-refractivity contribution in [1.82, 2.24) is 4.90 Å². The minimum atomic E-state index is -0.576. The van der Waals surface area contributed by atoms with Gasteiger partial charge >= 0.3 is 5.97 Å². The highest BCUT2D eigenvalue weighted by Crippen LogP contribution is 2.33. The molecule has 0 saturated carbocycles. The molecule has 10 heteroatoms. The predicted molar refractivity (Wildman–Crippen MR) is 101 cm³/mol. The summed E-state index contributed by atoms with van der Waals surface area (Å²) in [6.45, 7) is -0.428. The van der Waals surface area contributed by atoms with Crippen LogP contribution in [0.25, 0.3) is 6.08 Å². The number of nitrogens with one attached hydrogen (secondary N) is 1. The number of thiophene rings is 2. The van der Waals surface area contributed by atoms with Crippen LogP contribution in [0, 0.1) is 0 Å². The number of hydrogen-bond donors (Lipinski definition) is 1. The molecule has 1 aliphatic rings. The summed E-state index contributed by atoms with van der Waals surface area (Å²) in [4.78, 5) is 50.5. The summed E-state index contributed by atoms with van der Waals surface area (Å²) in [7, 11) is 1.24. The monoisotopic (exact) mass is 408 g/mol. The van der Waals surface area contributed by atoms with Gasteiger partial charge in [0.15, 0.2) is 0 Å². The van der Waals surface area contributed by atoms with Crippen molar-refractivity contribution in [1.29, 1.82) is 0 Å². The molecule has 0 spiro atoms. The first-order valence-electron chi connectivity index (χ1n) is 7.24. The molecule has 0 radical (unpaired) electrons. The molecule has 1 aliphatic heterocycles. The zero-order chi connectivity index (χ0) is 18.7. The van der Waals surface area contributed by atoms with Gasteiger partial charge in [0.2, 0.25) is 5.91 Å². The van der Waals surface area contributed by atoms with Crippen LogP contribution in [-0.2, 0) is 14.3 Å². The Balaban J connectivity index is 1.68. The van der Waals surface area contributed by atoms with Crippen LogP contribution < -0.4 is 5.32 Å². The van der Waals surface area contributed by atoms with Crippen LogP contribution in [0.1, 0.15) is 14.5 Å². The highest BCUT2D eigenvalue weighted by Gasteiger charge is 2.36. The number of carbonyl (C=O) groups excluding carboxylic acids is 4. The Kier molecular flexibility index (Phi) is 5.55. The number of ether oxygens (including phenoxy) is 1. The van der Waals surface area contributed by atoms with Crippen molar-refractivity contribution >= 4 is 69.2 Å². The first-order chi connectivity index (χ1) is 12.5. The van der Waals surface area contributed by atoms with Crippen molar-refractivity contribution in [2.24, 2.45) is 0 Å². The summed E-state index contributed by atoms with van der Waals surface area (Å²) >= 11 is 3.36. The lowest BCUT2D eigenvalue weighted by Crippen LogP contribution is -2.36. The molecule has 0 bridgehead atoms. The zero-order valence-corrected chi connectivity index (χ0v) is 15.8. The number of rotatable bonds is 5. The molecule has 1 N–H and O–H groups in total. The SMILES string of the molecule is COC(=O)c1sccc1NC(=O)CN1C(=O)S/C(=C\c2cccs2)C1=O. The second-order valence-electron chi connectivity index (χ2n) is 4.99. The molecule has 134 valence electrons. The van der Waals surface area contributed by atoms with Gasteiger partial charge in [-0.05, 0) is 40.7 Å². The van der Waals surface area contributed by atoms with Crippen LogP contribution in [0.15, 0.2) is 33.9 Å². The van der Waals surface area contributed by atoms with E-state index in [0.29, 0.717) is 0 Å². The summed E-state index contributed by atoms with van der Waals surface area (Å²) in [5.74, 6) is -1.66. The van der Waals surface area contributed by atoms with Crippen molar-refractivity contribution in [2.45, 2.75) is 0 Å². The Morgan fingerprint density at radius 3 is 2.73 bits per heavy atom. The normalized spacial score (nSPS) is 15.6. The fourth-order valence-electron chi connectivity index (χ4n) is 2.13. The lowest BCUT2D eigenvalue weighted by Gasteiger charge is -2.12. The lowest BCUT2D eigenvalue weighted by atomic mass is 10.3. The molecule has 0 atom stereocenters. The van der Waals surface area contributed by atoms with Gasteiger partial charge in [0.1, 0.15) is 11.4 Å². The summed E-state index contributed by atoms with van der Waals surface area (Å²) in [5, 5.41) is 5.52. The van der Waals surface area contributed by atoms with E-state index in [-0.39, 0.29) is 15.5 Å². The third-order valence-electron chi connectivity index (χ3n) is 3.30. The summed E-state index contributed by atoms with van der Waals surface area (Å²) in [5.41, 5.74) is 0.285. The first-order valence-corrected chi connectivity index (χ1v) is 9.81. The van der Waals surface area contributed by atoms with E-state index in [1.165, 1.54) is 18.4 Å². The van der Waals surface area contributed by atoms with Gasteiger partial charge in [-0.1, -0.05) is 6.07 Å². The summed E-state index contributed by atoms with van der Waals surface area (Å²) in [6, 6.07) is 5.23. The Labute approximate surface area is 160 Å². The van der Waals surface area contributed by atoms with Crippen molar-refractivity contribution in [3.63, 3.8) is 0 Å². The maximum atomic E-state index is 12.4. The van der Waals surface area contributed by atoms with Gasteiger partial charge in [-0.3, -0.25) is 19.3 Å². The summed E-state index contributed by atoms with van der Waals surface area (Å²) < 4.78 is 4.64. The highest BCUT2D eigenvalue weighted by molar-refractivity contribution is 8.18. The van der Waals surface area contributed by atoms with E-state index >= 15 is 0 Å². The van der Waals surface area contributed by atoms with Gasteiger partial charge in [-0.25, -0.2) is 4.79 Å². The van der Waals surface area contributed by atoms with Crippen LogP contribution in [0.5, 0.6) is 0 Å². The molecule has 0 aromatic carbocycles. The molecule has 26 heavy (non-hydrogen) atoms. The Morgan fingerprint density at radius 1 is 1.23 bits per heavy atom. The number of thioether (sulfide) groups is 1. The van der Waals surface area contributed by atoms with E-state index in [1.54, 1.807) is 17.5 Å². The zero-order valence-electron chi connectivity index (χ0n) is 13.4. The average Bonchev–Trinajstić information content (AvgIpc) is 3.33. The molecule has 0 unspecified atom stereocenters. The molecular weight excluding hydrogens is 396 g/mol. The standard InChI is InChI=1S/C16H12N2O5S3/c1-23-15(21)13-10(4-6-25-13)17-12(19)8-18-14(20)11(26-16(18)22)7-9-3-2-5-24-9/h2-7H,8H2,1H3,(H,17,19)/b11-7-. The maximum absolute atomic E-state index is 12.4. The number of amides is 3. The highest BCUT2D eigenvalue weighted by atomic mass is 32.2. The summed E-state index contributed by atoms with van der Waals surface area (Å²) in [6.07, 6.45) is 1.63. The minimum absolute atomic E-state index is 0.243. The number of hydrogen-bond acceptors (Lipinski definition) is 8. The molecule has 2 aromatic heterocycles. The topological polar surface area (TPSA) is 92.8 Å². The van der Waals surface area contributed by atoms with Gasteiger partial charge in [-0.15, -0.1) is 22.7 Å². The van der Waals surface area contributed by atoms with Crippen molar-refractivity contribution in [3.05, 3.63) is 43.6 Å². The number of imide groups is 1. The van der Waals surface area contributed by atoms with Gasteiger partial charge < -0.3 is 10.1 Å². The van der Waals surface area contributed by atoms with Crippen molar-refractivity contribution in [2.75, 3.05) is 19.0 Å². The smallest absolute Gasteiger partial charge is 0.350 e. The third-order valence-corrected chi connectivity index (χ3v) is 5.92. The van der Waals surface area contributed by atoms with E-state index in [9.17, 15) is 19.2 Å². The van der Waals surface area contributed by atoms with Crippen LogP contribution in [-0.4, -0.2) is 41.6 Å². The predicted octanol–water partition coefficient (Wildman–Crippen LogP) is 3.27. The minimum Gasteiger partial charge on any atom is -0.465 e. The number of anilines is 1. The first kappa shape index (κ1) is 18.4. The van der Waals surface area contributed by atoms with Gasteiger partial charge in [0, 0.05) is 4.88 Å². The van der Waals surface area contributed by atoms with Crippen molar-refractivity contribution < 1.29 is 23.9 Å². The second kappa shape index (κ2) is 7.85. The second-order valence-corrected chi connectivity index (χ2v) is 7.88. The number of esters is 1. The molecule has 3 heterocycles. The maximum Gasteiger partial charge on any atom is 0.350 e. The van der Waals surface area contributed by atoms with Gasteiger partial charge in [-0.2, -0.15) is 0 Å². The van der Waals surface area contributed by atoms with E-state index in [0.717, 1.165) is 32.9 Å². The van der Waals surface area contributed by atoms with Crippen LogP contribution in [0.2, 0.25) is 0 Å². The fourth-order valence-corrected chi connectivity index (χ4v) is 4.46. The average molecular weight is 408 g/mol. The van der Waals surface area contributed by atoms with E-state index < -0.39 is 29.6 Å². The quantitative estimate of drug-likeness (QED) is 0.603. The fraction of sp³-hybridized carbons (Fsp3) is 0.125. The van der Waals surface area contributed by atoms with Crippen molar-refractivity contribution in [3.8, 4) is 0 Å². The molecule has 3 rings (SSSR count). The molecule has 7 nitrogen and oxygen atoms in total. The lowest BCUT2D eigenvalue weighted by molar-refractivity contribution is -0.127. The molecule has 2 aromatic rings. The Bertz CT molecular complexity index is 901. The Hall–Kier alpha value is -2.43. The molecule has 1 fully saturated rings. The number of methoxy groups -OCH3 is 1.